The van der Waals surface area contributed by atoms with Crippen molar-refractivity contribution in [2.75, 3.05) is 0 Å². The number of aldehydes is 1. The molecular weight excluding hydrogens is 332 g/mol. The zero-order valence-corrected chi connectivity index (χ0v) is 19.2. The normalized spacial score (nSPS) is 16.9. The SMILES string of the molecule is CC(C)[Si](O[C@H]([C@@H](C)C=O)[C@@H](C)C(=O)OC(C)(C)C)(C(C)C)C(C)C. The van der Waals surface area contributed by atoms with Crippen molar-refractivity contribution in [3.05, 3.63) is 0 Å². The highest BCUT2D eigenvalue weighted by Gasteiger charge is 2.49. The summed E-state index contributed by atoms with van der Waals surface area (Å²) >= 11 is 0. The minimum atomic E-state index is -2.20. The van der Waals surface area contributed by atoms with E-state index in [4.69, 9.17) is 9.16 Å². The van der Waals surface area contributed by atoms with Crippen molar-refractivity contribution in [2.45, 2.75) is 104 Å². The van der Waals surface area contributed by atoms with Gasteiger partial charge >= 0.3 is 5.97 Å². The minimum Gasteiger partial charge on any atom is -0.460 e. The molecule has 0 aromatic carbocycles. The largest absolute Gasteiger partial charge is 0.460 e. The van der Waals surface area contributed by atoms with E-state index < -0.39 is 25.9 Å². The summed E-state index contributed by atoms with van der Waals surface area (Å²) in [4.78, 5) is 24.2. The standard InChI is InChI=1S/C20H40O4Si/c1-13(2)25(14(3)4,15(5)6)24-18(16(7)12-21)17(8)19(22)23-20(9,10)11/h12-18H,1-11H3/t16-,17+,18+/m0/s1. The molecule has 0 aromatic rings. The van der Waals surface area contributed by atoms with Crippen molar-refractivity contribution in [1.82, 2.24) is 0 Å². The summed E-state index contributed by atoms with van der Waals surface area (Å²) in [6.07, 6.45) is 0.442. The Morgan fingerprint density at radius 1 is 0.880 bits per heavy atom. The van der Waals surface area contributed by atoms with Crippen LogP contribution in [0.5, 0.6) is 0 Å². The summed E-state index contributed by atoms with van der Waals surface area (Å²) in [7, 11) is -2.20. The highest BCUT2D eigenvalue weighted by Crippen LogP contribution is 2.44. The predicted octanol–water partition coefficient (Wildman–Crippen LogP) is 5.36. The molecule has 5 heteroatoms. The Morgan fingerprint density at radius 3 is 1.56 bits per heavy atom. The first-order chi connectivity index (χ1) is 11.2. The van der Waals surface area contributed by atoms with E-state index in [1.54, 1.807) is 0 Å². The van der Waals surface area contributed by atoms with Gasteiger partial charge in [-0.05, 0) is 44.3 Å². The molecule has 25 heavy (non-hydrogen) atoms. The fraction of sp³-hybridized carbons (Fsp3) is 0.900. The van der Waals surface area contributed by atoms with Crippen LogP contribution in [0.4, 0.5) is 0 Å². The average molecular weight is 373 g/mol. The van der Waals surface area contributed by atoms with Gasteiger partial charge in [0.1, 0.15) is 11.9 Å². The Hall–Kier alpha value is -0.683. The van der Waals surface area contributed by atoms with Gasteiger partial charge in [0.2, 0.25) is 8.32 Å². The van der Waals surface area contributed by atoms with E-state index in [1.807, 2.05) is 34.6 Å². The maximum Gasteiger partial charge on any atom is 0.311 e. The van der Waals surface area contributed by atoms with E-state index in [9.17, 15) is 9.59 Å². The molecule has 0 spiro atoms. The Bertz CT molecular complexity index is 416. The molecule has 0 aliphatic rings. The van der Waals surface area contributed by atoms with Gasteiger partial charge in [-0.15, -0.1) is 0 Å². The molecular formula is C20H40O4Si. The number of hydrogen-bond acceptors (Lipinski definition) is 4. The third-order valence-electron chi connectivity index (χ3n) is 5.05. The summed E-state index contributed by atoms with van der Waals surface area (Å²) in [5.74, 6) is -1.14. The number of esters is 1. The Kier molecular flexibility index (Phi) is 9.06. The van der Waals surface area contributed by atoms with Crippen molar-refractivity contribution in [3.63, 3.8) is 0 Å². The molecule has 0 radical (unpaired) electrons. The van der Waals surface area contributed by atoms with Crippen LogP contribution in [0, 0.1) is 11.8 Å². The van der Waals surface area contributed by atoms with Crippen LogP contribution in [-0.4, -0.2) is 32.3 Å². The van der Waals surface area contributed by atoms with Gasteiger partial charge in [-0.25, -0.2) is 0 Å². The monoisotopic (exact) mass is 372 g/mol. The van der Waals surface area contributed by atoms with Gasteiger partial charge in [-0.2, -0.15) is 0 Å². The number of carbonyl (C=O) groups excluding carboxylic acids is 2. The summed E-state index contributed by atoms with van der Waals surface area (Å²) in [5, 5.41) is 0. The molecule has 0 aromatic heterocycles. The van der Waals surface area contributed by atoms with E-state index >= 15 is 0 Å². The molecule has 0 unspecified atom stereocenters. The number of carbonyl (C=O) groups is 2. The van der Waals surface area contributed by atoms with Crippen molar-refractivity contribution in [3.8, 4) is 0 Å². The lowest BCUT2D eigenvalue weighted by molar-refractivity contribution is -0.163. The van der Waals surface area contributed by atoms with Crippen LogP contribution in [0.3, 0.4) is 0 Å². The second kappa shape index (κ2) is 9.31. The second-order valence-electron chi connectivity index (χ2n) is 9.22. The van der Waals surface area contributed by atoms with Gasteiger partial charge in [-0.3, -0.25) is 4.79 Å². The van der Waals surface area contributed by atoms with Crippen molar-refractivity contribution >= 4 is 20.6 Å². The lowest BCUT2D eigenvalue weighted by atomic mass is 9.94. The summed E-state index contributed by atoms with van der Waals surface area (Å²) in [6, 6.07) is 0. The molecule has 0 N–H and O–H groups in total. The van der Waals surface area contributed by atoms with Crippen LogP contribution in [0.15, 0.2) is 0 Å². The summed E-state index contributed by atoms with van der Waals surface area (Å²) < 4.78 is 12.3. The molecule has 0 heterocycles. The van der Waals surface area contributed by atoms with Crippen LogP contribution in [0.25, 0.3) is 0 Å². The van der Waals surface area contributed by atoms with Crippen LogP contribution in [0.2, 0.25) is 16.6 Å². The van der Waals surface area contributed by atoms with Crippen LogP contribution >= 0.6 is 0 Å². The highest BCUT2D eigenvalue weighted by molar-refractivity contribution is 6.77. The zero-order valence-electron chi connectivity index (χ0n) is 18.2. The second-order valence-corrected chi connectivity index (χ2v) is 14.6. The summed E-state index contributed by atoms with van der Waals surface area (Å²) in [6.45, 7) is 22.4. The molecule has 0 amide bonds. The van der Waals surface area contributed by atoms with E-state index in [0.717, 1.165) is 6.29 Å². The smallest absolute Gasteiger partial charge is 0.311 e. The van der Waals surface area contributed by atoms with Gasteiger partial charge in [0.05, 0.1) is 12.0 Å². The van der Waals surface area contributed by atoms with Crippen molar-refractivity contribution in [2.24, 2.45) is 11.8 Å². The number of ether oxygens (including phenoxy) is 1. The van der Waals surface area contributed by atoms with Gasteiger partial charge < -0.3 is 14.0 Å². The summed E-state index contributed by atoms with van der Waals surface area (Å²) in [5.41, 5.74) is 0.613. The van der Waals surface area contributed by atoms with Crippen LogP contribution < -0.4 is 0 Å². The molecule has 0 fully saturated rings. The Labute approximate surface area is 156 Å². The highest BCUT2D eigenvalue weighted by atomic mass is 28.4. The van der Waals surface area contributed by atoms with Gasteiger partial charge in [0.25, 0.3) is 0 Å². The van der Waals surface area contributed by atoms with Crippen molar-refractivity contribution in [1.29, 1.82) is 0 Å². The number of rotatable bonds is 9. The fourth-order valence-electron chi connectivity index (χ4n) is 3.91. The Morgan fingerprint density at radius 2 is 1.28 bits per heavy atom. The van der Waals surface area contributed by atoms with Crippen LogP contribution in [-0.2, 0) is 18.8 Å². The lowest BCUT2D eigenvalue weighted by Gasteiger charge is -2.46. The molecule has 0 aliphatic heterocycles. The van der Waals surface area contributed by atoms with E-state index in [0.29, 0.717) is 16.6 Å². The maximum atomic E-state index is 12.6. The van der Waals surface area contributed by atoms with E-state index in [2.05, 4.69) is 41.5 Å². The molecule has 4 nitrogen and oxygen atoms in total. The minimum absolute atomic E-state index is 0.301. The molecule has 0 rings (SSSR count). The topological polar surface area (TPSA) is 52.6 Å². The third-order valence-corrected chi connectivity index (χ3v) is 11.1. The van der Waals surface area contributed by atoms with Crippen LogP contribution in [0.1, 0.15) is 76.2 Å². The lowest BCUT2D eigenvalue weighted by Crippen LogP contribution is -2.53. The van der Waals surface area contributed by atoms with E-state index in [1.165, 1.54) is 0 Å². The Balaban J connectivity index is 5.81. The molecule has 0 aliphatic carbocycles. The first-order valence-electron chi connectivity index (χ1n) is 9.56. The average Bonchev–Trinajstić information content (AvgIpc) is 2.43. The van der Waals surface area contributed by atoms with Gasteiger partial charge in [0, 0.05) is 5.92 Å². The quantitative estimate of drug-likeness (QED) is 0.310. The molecule has 0 saturated carbocycles. The molecule has 148 valence electrons. The number of hydrogen-bond donors (Lipinski definition) is 0. The van der Waals surface area contributed by atoms with Gasteiger partial charge in [-0.1, -0.05) is 48.5 Å². The first-order valence-corrected chi connectivity index (χ1v) is 11.7. The predicted molar refractivity (Wildman–Crippen MR) is 106 cm³/mol. The molecule has 0 bridgehead atoms. The molecule has 0 saturated heterocycles. The van der Waals surface area contributed by atoms with E-state index in [-0.39, 0.29) is 11.9 Å². The fourth-order valence-corrected chi connectivity index (χ4v) is 9.62. The van der Waals surface area contributed by atoms with Crippen molar-refractivity contribution < 1.29 is 18.8 Å². The molecule has 3 atom stereocenters. The maximum absolute atomic E-state index is 12.6. The van der Waals surface area contributed by atoms with Gasteiger partial charge in [0.15, 0.2) is 0 Å². The zero-order chi connectivity index (χ0) is 20.2. The first kappa shape index (κ1) is 24.3. The third kappa shape index (κ3) is 6.21.